The van der Waals surface area contributed by atoms with Crippen LogP contribution in [0.4, 0.5) is 8.78 Å². The van der Waals surface area contributed by atoms with Crippen molar-refractivity contribution in [3.8, 4) is 0 Å². The average Bonchev–Trinajstić information content (AvgIpc) is 3.39. The van der Waals surface area contributed by atoms with Gasteiger partial charge in [-0.1, -0.05) is 81.4 Å². The summed E-state index contributed by atoms with van der Waals surface area (Å²) in [7, 11) is -8.14. The Labute approximate surface area is 250 Å². The Hall–Kier alpha value is -2.73. The number of aromatic nitrogens is 2. The zero-order valence-corrected chi connectivity index (χ0v) is 26.9. The average molecular weight is 637 g/mol. The van der Waals surface area contributed by atoms with E-state index in [-0.39, 0.29) is 19.8 Å². The molecule has 1 saturated heterocycles. The molecule has 4 rings (SSSR count). The van der Waals surface area contributed by atoms with Gasteiger partial charge >= 0.3 is 18.9 Å². The van der Waals surface area contributed by atoms with Crippen LogP contribution in [-0.4, -0.2) is 49.5 Å². The van der Waals surface area contributed by atoms with Gasteiger partial charge in [0.2, 0.25) is 0 Å². The predicted octanol–water partition coefficient (Wildman–Crippen LogP) is 4.88. The van der Waals surface area contributed by atoms with Crippen molar-refractivity contribution in [1.29, 1.82) is 0 Å². The molecule has 1 aliphatic rings. The van der Waals surface area contributed by atoms with E-state index in [1.165, 1.54) is 20.0 Å². The number of H-pyrrole nitrogens is 1. The van der Waals surface area contributed by atoms with Crippen molar-refractivity contribution in [2.45, 2.75) is 64.1 Å². The smallest absolute Gasteiger partial charge is 0.399 e. The summed E-state index contributed by atoms with van der Waals surface area (Å²) in [6.07, 6.45) is -1.71. The van der Waals surface area contributed by atoms with Crippen LogP contribution in [-0.2, 0) is 22.8 Å². The fourth-order valence-corrected chi connectivity index (χ4v) is 12.1. The summed E-state index contributed by atoms with van der Waals surface area (Å²) in [6, 6.07) is 20.5. The Morgan fingerprint density at radius 1 is 0.953 bits per heavy atom. The summed E-state index contributed by atoms with van der Waals surface area (Å²) in [6.45, 7) is 8.28. The third kappa shape index (κ3) is 6.41. The van der Waals surface area contributed by atoms with Crippen molar-refractivity contribution >= 4 is 26.3 Å². The van der Waals surface area contributed by atoms with Crippen molar-refractivity contribution in [2.75, 3.05) is 19.8 Å². The number of hydrogen-bond acceptors (Lipinski definition) is 7. The van der Waals surface area contributed by atoms with E-state index in [1.54, 1.807) is 0 Å². The fourth-order valence-electron chi connectivity index (χ4n) is 5.80. The number of hydrogen-bond donors (Lipinski definition) is 1. The number of rotatable bonds is 12. The number of ether oxygens (including phenoxy) is 1. The minimum Gasteiger partial charge on any atom is -0.405 e. The molecule has 1 aliphatic heterocycles. The summed E-state index contributed by atoms with van der Waals surface area (Å²) < 4.78 is 70.5. The molecule has 3 aromatic rings. The van der Waals surface area contributed by atoms with Crippen LogP contribution in [0.3, 0.4) is 0 Å². The van der Waals surface area contributed by atoms with Crippen LogP contribution < -0.4 is 21.6 Å². The van der Waals surface area contributed by atoms with Gasteiger partial charge in [0.1, 0.15) is 6.23 Å². The van der Waals surface area contributed by atoms with Gasteiger partial charge in [-0.2, -0.15) is 8.78 Å². The first-order valence-electron chi connectivity index (χ1n) is 14.3. The maximum atomic E-state index is 16.4. The van der Waals surface area contributed by atoms with Crippen LogP contribution in [0.2, 0.25) is 5.04 Å². The van der Waals surface area contributed by atoms with E-state index in [0.29, 0.717) is 0 Å². The van der Waals surface area contributed by atoms with Crippen molar-refractivity contribution in [3.63, 3.8) is 0 Å². The Morgan fingerprint density at radius 2 is 1.49 bits per heavy atom. The molecule has 1 aromatic heterocycles. The molecule has 13 heteroatoms. The lowest BCUT2D eigenvalue weighted by molar-refractivity contribution is -0.0710. The van der Waals surface area contributed by atoms with Gasteiger partial charge in [-0.25, -0.2) is 4.79 Å². The molecule has 2 heterocycles. The van der Waals surface area contributed by atoms with Crippen molar-refractivity contribution < 1.29 is 31.6 Å². The third-order valence-electron chi connectivity index (χ3n) is 7.69. The largest absolute Gasteiger partial charge is 0.405 e. The van der Waals surface area contributed by atoms with Gasteiger partial charge < -0.3 is 18.2 Å². The van der Waals surface area contributed by atoms with Crippen LogP contribution in [0, 0.1) is 5.92 Å². The molecular weight excluding hydrogens is 597 g/mol. The second-order valence-corrected chi connectivity index (χ2v) is 17.8. The number of nitrogens with zero attached hydrogens (tertiary/aromatic N) is 1. The number of aromatic amines is 1. The van der Waals surface area contributed by atoms with Gasteiger partial charge in [0, 0.05) is 18.7 Å². The van der Waals surface area contributed by atoms with Crippen LogP contribution in [0.5, 0.6) is 0 Å². The molecule has 0 unspecified atom stereocenters. The fraction of sp³-hybridized carbons (Fsp3) is 0.467. The molecule has 1 fully saturated rings. The first kappa shape index (κ1) is 33.2. The molecule has 0 spiro atoms. The van der Waals surface area contributed by atoms with E-state index < -0.39 is 62.5 Å². The highest BCUT2D eigenvalue weighted by Gasteiger charge is 2.64. The van der Waals surface area contributed by atoms with E-state index in [1.807, 2.05) is 60.7 Å². The summed E-state index contributed by atoms with van der Waals surface area (Å²) in [5.41, 5.74) is -5.44. The molecule has 0 amide bonds. The first-order valence-corrected chi connectivity index (χ1v) is 17.7. The van der Waals surface area contributed by atoms with Crippen LogP contribution in [0.25, 0.3) is 0 Å². The lowest BCUT2D eigenvalue weighted by atomic mass is 10.0. The number of alkyl halides is 2. The minimum absolute atomic E-state index is 0.257. The van der Waals surface area contributed by atoms with E-state index in [9.17, 15) is 14.2 Å². The molecule has 1 N–H and O–H groups in total. The Morgan fingerprint density at radius 3 is 1.95 bits per heavy atom. The van der Waals surface area contributed by atoms with Gasteiger partial charge in [-0.15, -0.1) is 0 Å². The SMILES string of the molecule is CCOP(=O)(OCC)C(F)(F)[C@H]1C[C@H](n2ccc(=O)[nH]c2=O)O[C@@H]1CO[Si](c1ccccc1)(c1ccccc1)C(C)(C)C. The normalized spacial score (nSPS) is 19.9. The highest BCUT2D eigenvalue weighted by molar-refractivity contribution is 7.55. The zero-order valence-electron chi connectivity index (χ0n) is 25.0. The first-order chi connectivity index (χ1) is 20.3. The van der Waals surface area contributed by atoms with Gasteiger partial charge in [-0.05, 0) is 29.3 Å². The molecule has 0 aliphatic carbocycles. The van der Waals surface area contributed by atoms with E-state index in [2.05, 4.69) is 25.8 Å². The van der Waals surface area contributed by atoms with E-state index >= 15 is 8.78 Å². The Balaban J connectivity index is 1.81. The maximum Gasteiger partial charge on any atom is 0.399 e. The summed E-state index contributed by atoms with van der Waals surface area (Å²) in [5.74, 6) is -1.71. The molecule has 43 heavy (non-hydrogen) atoms. The predicted molar refractivity (Wildman–Crippen MR) is 163 cm³/mol. The molecule has 0 saturated carbocycles. The second kappa shape index (κ2) is 13.1. The molecule has 0 radical (unpaired) electrons. The zero-order chi connectivity index (χ0) is 31.5. The van der Waals surface area contributed by atoms with Gasteiger partial charge in [-0.3, -0.25) is 18.9 Å². The van der Waals surface area contributed by atoms with E-state index in [4.69, 9.17) is 18.2 Å². The monoisotopic (exact) mass is 636 g/mol. The topological polar surface area (TPSA) is 109 Å². The Bertz CT molecular complexity index is 1480. The van der Waals surface area contributed by atoms with Gasteiger partial charge in [0.15, 0.2) is 0 Å². The van der Waals surface area contributed by atoms with Crippen LogP contribution in [0.1, 0.15) is 47.3 Å². The second-order valence-electron chi connectivity index (χ2n) is 11.4. The van der Waals surface area contributed by atoms with Crippen LogP contribution >= 0.6 is 7.60 Å². The lowest BCUT2D eigenvalue weighted by Crippen LogP contribution is -2.67. The third-order valence-corrected chi connectivity index (χ3v) is 15.0. The number of benzene rings is 2. The maximum absolute atomic E-state index is 16.4. The Kier molecular flexibility index (Phi) is 10.1. The highest BCUT2D eigenvalue weighted by atomic mass is 31.2. The quantitative estimate of drug-likeness (QED) is 0.223. The van der Waals surface area contributed by atoms with E-state index in [0.717, 1.165) is 21.0 Å². The number of halogens is 2. The van der Waals surface area contributed by atoms with Crippen molar-refractivity contribution in [1.82, 2.24) is 9.55 Å². The molecular formula is C30H39F2N2O7PSi. The molecule has 9 nitrogen and oxygen atoms in total. The van der Waals surface area contributed by atoms with Crippen molar-refractivity contribution in [2.24, 2.45) is 5.92 Å². The highest BCUT2D eigenvalue weighted by Crippen LogP contribution is 2.67. The lowest BCUT2D eigenvalue weighted by Gasteiger charge is -2.44. The number of nitrogens with one attached hydrogen (secondary N) is 1. The minimum atomic E-state index is -4.96. The molecule has 234 valence electrons. The molecule has 3 atom stereocenters. The van der Waals surface area contributed by atoms with Crippen LogP contribution in [0.15, 0.2) is 82.5 Å². The molecule has 2 aromatic carbocycles. The summed E-state index contributed by atoms with van der Waals surface area (Å²) in [5, 5.41) is 1.43. The van der Waals surface area contributed by atoms with Crippen molar-refractivity contribution in [3.05, 3.63) is 93.8 Å². The van der Waals surface area contributed by atoms with Gasteiger partial charge in [0.05, 0.1) is 31.8 Å². The summed E-state index contributed by atoms with van der Waals surface area (Å²) in [4.78, 5) is 26.4. The molecule has 0 bridgehead atoms. The summed E-state index contributed by atoms with van der Waals surface area (Å²) >= 11 is 0. The van der Waals surface area contributed by atoms with Gasteiger partial charge in [0.25, 0.3) is 13.9 Å². The standard InChI is InChI=1S/C30H39F2N2O7PSi/c1-6-38-42(37,39-7-2)30(31,32)24-20-27(34-19-18-26(35)33-28(34)36)41-25(24)21-40-43(29(3,4)5,22-14-10-8-11-15-22)23-16-12-9-13-17-23/h8-19,24-25,27H,6-7,20-21H2,1-5H3,(H,33,35,36)/t24-,25+,27+/m0/s1.